The highest BCUT2D eigenvalue weighted by atomic mass is 16.2. The number of nitrogens with zero attached hydrogens (tertiary/aromatic N) is 2. The average molecular weight is 264 g/mol. The van der Waals surface area contributed by atoms with Crippen molar-refractivity contribution in [1.82, 2.24) is 20.4 Å². The van der Waals surface area contributed by atoms with Crippen LogP contribution in [0.2, 0.25) is 0 Å². The second-order valence-electron chi connectivity index (χ2n) is 5.48. The van der Waals surface area contributed by atoms with E-state index in [0.29, 0.717) is 12.5 Å². The van der Waals surface area contributed by atoms with Gasteiger partial charge in [-0.05, 0) is 31.7 Å². The zero-order valence-corrected chi connectivity index (χ0v) is 12.1. The number of aryl methyl sites for hydroxylation is 2. The molecule has 1 saturated heterocycles. The Balaban J connectivity index is 1.89. The topological polar surface area (TPSA) is 59.0 Å². The number of hydrogen-bond donors (Lipinski definition) is 2. The number of carbonyl (C=O) groups excluding carboxylic acids is 1. The third kappa shape index (κ3) is 3.56. The Morgan fingerprint density at radius 3 is 3.11 bits per heavy atom. The Morgan fingerprint density at radius 2 is 2.42 bits per heavy atom. The van der Waals surface area contributed by atoms with Crippen LogP contribution in [0.25, 0.3) is 0 Å². The van der Waals surface area contributed by atoms with Crippen molar-refractivity contribution in [3.8, 4) is 0 Å². The monoisotopic (exact) mass is 264 g/mol. The molecule has 2 unspecified atom stereocenters. The van der Waals surface area contributed by atoms with Crippen molar-refractivity contribution < 1.29 is 4.79 Å². The van der Waals surface area contributed by atoms with Gasteiger partial charge >= 0.3 is 0 Å². The van der Waals surface area contributed by atoms with Crippen molar-refractivity contribution in [3.05, 3.63) is 17.5 Å². The highest BCUT2D eigenvalue weighted by Gasteiger charge is 2.24. The Labute approximate surface area is 114 Å². The van der Waals surface area contributed by atoms with Crippen LogP contribution in [0.1, 0.15) is 37.9 Å². The van der Waals surface area contributed by atoms with Gasteiger partial charge in [-0.2, -0.15) is 5.10 Å². The van der Waals surface area contributed by atoms with E-state index in [9.17, 15) is 4.79 Å². The fraction of sp³-hybridized carbons (Fsp3) is 0.714. The lowest BCUT2D eigenvalue weighted by Gasteiger charge is -2.27. The van der Waals surface area contributed by atoms with Gasteiger partial charge in [0.05, 0.1) is 11.7 Å². The summed E-state index contributed by atoms with van der Waals surface area (Å²) in [6.45, 7) is 5.80. The minimum atomic E-state index is -0.0366. The van der Waals surface area contributed by atoms with Gasteiger partial charge in [0.2, 0.25) is 5.91 Å². The van der Waals surface area contributed by atoms with Crippen molar-refractivity contribution in [2.45, 2.75) is 45.7 Å². The second-order valence-corrected chi connectivity index (χ2v) is 5.48. The molecule has 106 valence electrons. The van der Waals surface area contributed by atoms with E-state index in [0.717, 1.165) is 37.1 Å². The van der Waals surface area contributed by atoms with E-state index in [1.807, 2.05) is 13.2 Å². The Kier molecular flexibility index (Phi) is 4.58. The Bertz CT molecular complexity index is 441. The summed E-state index contributed by atoms with van der Waals surface area (Å²) in [4.78, 5) is 12.1. The molecule has 0 bridgehead atoms. The molecule has 0 spiro atoms. The molecule has 2 atom stereocenters. The fourth-order valence-electron chi connectivity index (χ4n) is 2.64. The molecule has 0 radical (unpaired) electrons. The molecule has 19 heavy (non-hydrogen) atoms. The Hall–Kier alpha value is -1.36. The lowest BCUT2D eigenvalue weighted by atomic mass is 9.94. The smallest absolute Gasteiger partial charge is 0.237 e. The van der Waals surface area contributed by atoms with Crippen LogP contribution in [0, 0.1) is 5.92 Å². The molecule has 0 aliphatic carbocycles. The quantitative estimate of drug-likeness (QED) is 0.852. The maximum Gasteiger partial charge on any atom is 0.237 e. The van der Waals surface area contributed by atoms with Crippen LogP contribution < -0.4 is 10.6 Å². The fourth-order valence-corrected chi connectivity index (χ4v) is 2.64. The minimum Gasteiger partial charge on any atom is -0.351 e. The van der Waals surface area contributed by atoms with E-state index in [2.05, 4.69) is 29.6 Å². The molecule has 2 rings (SSSR count). The largest absolute Gasteiger partial charge is 0.351 e. The summed E-state index contributed by atoms with van der Waals surface area (Å²) < 4.78 is 1.81. The van der Waals surface area contributed by atoms with E-state index < -0.39 is 0 Å². The highest BCUT2D eigenvalue weighted by molar-refractivity contribution is 5.81. The molecule has 1 aliphatic heterocycles. The van der Waals surface area contributed by atoms with E-state index in [-0.39, 0.29) is 11.9 Å². The first-order valence-corrected chi connectivity index (χ1v) is 7.12. The van der Waals surface area contributed by atoms with Crippen LogP contribution in [-0.2, 0) is 24.8 Å². The van der Waals surface area contributed by atoms with E-state index in [4.69, 9.17) is 0 Å². The first kappa shape index (κ1) is 14.1. The lowest BCUT2D eigenvalue weighted by Crippen LogP contribution is -2.48. The number of carbonyl (C=O) groups is 1. The van der Waals surface area contributed by atoms with Gasteiger partial charge < -0.3 is 10.6 Å². The zero-order valence-electron chi connectivity index (χ0n) is 12.1. The van der Waals surface area contributed by atoms with E-state index in [1.165, 1.54) is 0 Å². The van der Waals surface area contributed by atoms with Crippen LogP contribution in [0.3, 0.4) is 0 Å². The summed E-state index contributed by atoms with van der Waals surface area (Å²) >= 11 is 0. The lowest BCUT2D eigenvalue weighted by molar-refractivity contribution is -0.124. The molecule has 1 aromatic heterocycles. The molecule has 1 aromatic rings. The molecule has 0 saturated carbocycles. The van der Waals surface area contributed by atoms with Gasteiger partial charge in [-0.25, -0.2) is 0 Å². The predicted octanol–water partition coefficient (Wildman–Crippen LogP) is 0.987. The van der Waals surface area contributed by atoms with Crippen molar-refractivity contribution in [3.63, 3.8) is 0 Å². The number of amides is 1. The van der Waals surface area contributed by atoms with E-state index >= 15 is 0 Å². The summed E-state index contributed by atoms with van der Waals surface area (Å²) in [7, 11) is 1.91. The molecule has 2 heterocycles. The van der Waals surface area contributed by atoms with Crippen molar-refractivity contribution in [1.29, 1.82) is 0 Å². The van der Waals surface area contributed by atoms with Gasteiger partial charge in [-0.15, -0.1) is 0 Å². The molecule has 1 aliphatic rings. The predicted molar refractivity (Wildman–Crippen MR) is 74.6 cm³/mol. The number of aromatic nitrogens is 2. The van der Waals surface area contributed by atoms with Crippen LogP contribution >= 0.6 is 0 Å². The molecule has 0 aromatic carbocycles. The van der Waals surface area contributed by atoms with Crippen LogP contribution in [0.15, 0.2) is 6.20 Å². The zero-order chi connectivity index (χ0) is 13.8. The van der Waals surface area contributed by atoms with Crippen molar-refractivity contribution in [2.24, 2.45) is 13.0 Å². The summed E-state index contributed by atoms with van der Waals surface area (Å²) in [5, 5.41) is 10.7. The molecule has 5 nitrogen and oxygen atoms in total. The third-order valence-corrected chi connectivity index (χ3v) is 3.76. The molecule has 1 fully saturated rings. The van der Waals surface area contributed by atoms with Gasteiger partial charge in [-0.1, -0.05) is 13.8 Å². The summed E-state index contributed by atoms with van der Waals surface area (Å²) in [6.07, 6.45) is 4.96. The summed E-state index contributed by atoms with van der Waals surface area (Å²) in [6, 6.07) is -0.0366. The highest BCUT2D eigenvalue weighted by Crippen LogP contribution is 2.15. The molecular formula is C14H24N4O. The first-order valence-electron chi connectivity index (χ1n) is 7.12. The van der Waals surface area contributed by atoms with Gasteiger partial charge in [0, 0.05) is 25.4 Å². The van der Waals surface area contributed by atoms with Crippen LogP contribution in [-0.4, -0.2) is 28.3 Å². The Morgan fingerprint density at radius 1 is 1.63 bits per heavy atom. The van der Waals surface area contributed by atoms with Gasteiger partial charge in [0.25, 0.3) is 0 Å². The van der Waals surface area contributed by atoms with Gasteiger partial charge in [-0.3, -0.25) is 9.48 Å². The number of hydrogen-bond acceptors (Lipinski definition) is 3. The summed E-state index contributed by atoms with van der Waals surface area (Å²) in [5.41, 5.74) is 2.18. The van der Waals surface area contributed by atoms with Gasteiger partial charge in [0.1, 0.15) is 0 Å². The van der Waals surface area contributed by atoms with Gasteiger partial charge in [0.15, 0.2) is 0 Å². The molecule has 5 heteroatoms. The number of piperidine rings is 1. The molecular weight excluding hydrogens is 240 g/mol. The number of rotatable bonds is 4. The molecule has 1 amide bonds. The van der Waals surface area contributed by atoms with E-state index in [1.54, 1.807) is 4.68 Å². The minimum absolute atomic E-state index is 0.0366. The maximum atomic E-state index is 12.1. The average Bonchev–Trinajstić information content (AvgIpc) is 2.76. The summed E-state index contributed by atoms with van der Waals surface area (Å²) in [5.74, 6) is 0.735. The number of nitrogens with one attached hydrogen (secondary N) is 2. The normalized spacial score (nSPS) is 23.3. The van der Waals surface area contributed by atoms with Crippen molar-refractivity contribution >= 4 is 5.91 Å². The van der Waals surface area contributed by atoms with Crippen molar-refractivity contribution in [2.75, 3.05) is 6.54 Å². The standard InChI is InChI=1S/C14H24N4O/c1-4-12-11(9-18(3)17-12)8-16-14(19)13-7-10(2)5-6-15-13/h9-10,13,15H,4-8H2,1-3H3,(H,16,19). The van der Waals surface area contributed by atoms with Crippen LogP contribution in [0.4, 0.5) is 0 Å². The molecule has 2 N–H and O–H groups in total. The first-order chi connectivity index (χ1) is 9.10. The third-order valence-electron chi connectivity index (χ3n) is 3.76. The SMILES string of the molecule is CCc1nn(C)cc1CNC(=O)C1CC(C)CCN1. The van der Waals surface area contributed by atoms with Crippen LogP contribution in [0.5, 0.6) is 0 Å². The second kappa shape index (κ2) is 6.19. The maximum absolute atomic E-state index is 12.1.